The Morgan fingerprint density at radius 3 is 2.76 bits per heavy atom. The molecule has 10 nitrogen and oxygen atoms in total. The lowest BCUT2D eigenvalue weighted by atomic mass is 10.1. The Balaban J connectivity index is 1.32. The highest BCUT2D eigenvalue weighted by molar-refractivity contribution is 5.92. The molecule has 0 amide bonds. The average molecular weight is 444 g/mol. The number of nitrogens with zero attached hydrogens (tertiary/aromatic N) is 6. The Hall–Kier alpha value is -4.34. The topological polar surface area (TPSA) is 122 Å². The monoisotopic (exact) mass is 444 g/mol. The molecule has 0 atom stereocenters. The molecule has 0 radical (unpaired) electrons. The van der Waals surface area contributed by atoms with Crippen molar-refractivity contribution in [1.82, 2.24) is 30.1 Å². The highest BCUT2D eigenvalue weighted by atomic mass is 16.5. The van der Waals surface area contributed by atoms with E-state index in [0.29, 0.717) is 28.2 Å². The molecule has 0 N–H and O–H groups in total. The number of ether oxygens (including phenoxy) is 1. The van der Waals surface area contributed by atoms with Crippen LogP contribution in [-0.2, 0) is 11.3 Å². The van der Waals surface area contributed by atoms with Gasteiger partial charge in [-0.3, -0.25) is 0 Å². The Morgan fingerprint density at radius 1 is 1.15 bits per heavy atom. The van der Waals surface area contributed by atoms with Gasteiger partial charge in [0.05, 0.1) is 11.8 Å². The first kappa shape index (κ1) is 20.6. The summed E-state index contributed by atoms with van der Waals surface area (Å²) in [5, 5.41) is 17.3. The van der Waals surface area contributed by atoms with Gasteiger partial charge < -0.3 is 13.7 Å². The number of carbonyl (C=O) groups excluding carboxylic acids is 1. The summed E-state index contributed by atoms with van der Waals surface area (Å²) < 4.78 is 18.2. The predicted octanol–water partition coefficient (Wildman–Crippen LogP) is 4.38. The normalized spacial score (nSPS) is 11.4. The number of hydrogen-bond donors (Lipinski definition) is 0. The fourth-order valence-electron chi connectivity index (χ4n) is 3.47. The molecule has 4 heterocycles. The molecule has 10 heteroatoms. The van der Waals surface area contributed by atoms with Gasteiger partial charge in [0, 0.05) is 23.2 Å². The summed E-state index contributed by atoms with van der Waals surface area (Å²) in [6, 6.07) is 11.4. The summed E-state index contributed by atoms with van der Waals surface area (Å²) in [7, 11) is 0. The van der Waals surface area contributed by atoms with Gasteiger partial charge in [-0.15, -0.1) is 10.2 Å². The van der Waals surface area contributed by atoms with Crippen LogP contribution in [0.25, 0.3) is 33.7 Å². The zero-order chi connectivity index (χ0) is 22.9. The van der Waals surface area contributed by atoms with E-state index in [1.165, 1.54) is 6.20 Å². The van der Waals surface area contributed by atoms with E-state index in [0.717, 1.165) is 10.9 Å². The fraction of sp³-hybridized carbons (Fsp3) is 0.217. The van der Waals surface area contributed by atoms with Crippen LogP contribution in [0, 0.1) is 6.92 Å². The third-order valence-corrected chi connectivity index (χ3v) is 5.08. The van der Waals surface area contributed by atoms with Crippen molar-refractivity contribution in [1.29, 1.82) is 0 Å². The Morgan fingerprint density at radius 2 is 1.97 bits per heavy atom. The molecule has 0 unspecified atom stereocenters. The molecular formula is C23H20N6O4. The van der Waals surface area contributed by atoms with Crippen molar-refractivity contribution in [3.05, 3.63) is 66.0 Å². The van der Waals surface area contributed by atoms with Gasteiger partial charge in [-0.25, -0.2) is 14.5 Å². The summed E-state index contributed by atoms with van der Waals surface area (Å²) in [6.07, 6.45) is 3.14. The summed E-state index contributed by atoms with van der Waals surface area (Å²) >= 11 is 0. The minimum Gasteiger partial charge on any atom is -0.452 e. The Kier molecular flexibility index (Phi) is 5.17. The van der Waals surface area contributed by atoms with E-state index in [4.69, 9.17) is 13.7 Å². The largest absolute Gasteiger partial charge is 0.452 e. The van der Waals surface area contributed by atoms with E-state index in [-0.39, 0.29) is 24.4 Å². The minimum absolute atomic E-state index is 0.152. The maximum Gasteiger partial charge on any atom is 0.340 e. The van der Waals surface area contributed by atoms with Gasteiger partial charge in [0.1, 0.15) is 17.0 Å². The molecule has 0 bridgehead atoms. The maximum atomic E-state index is 12.5. The highest BCUT2D eigenvalue weighted by Gasteiger charge is 2.22. The number of fused-ring (bicyclic) bond motifs is 1. The minimum atomic E-state index is -0.549. The SMILES string of the molecule is Cc1onc(-c2ccccc2)c1-c1nnc(COC(=O)c2cnc3c(cnn3C(C)C)c2)o1. The van der Waals surface area contributed by atoms with Gasteiger partial charge in [-0.05, 0) is 26.8 Å². The van der Waals surface area contributed by atoms with Crippen LogP contribution in [0.15, 0.2) is 57.7 Å². The van der Waals surface area contributed by atoms with E-state index in [9.17, 15) is 4.79 Å². The van der Waals surface area contributed by atoms with Gasteiger partial charge >= 0.3 is 5.97 Å². The summed E-state index contributed by atoms with van der Waals surface area (Å²) in [6.45, 7) is 5.61. The second kappa shape index (κ2) is 8.30. The van der Waals surface area contributed by atoms with Crippen molar-refractivity contribution >= 4 is 17.0 Å². The molecule has 0 saturated carbocycles. The van der Waals surface area contributed by atoms with Crippen LogP contribution in [0.4, 0.5) is 0 Å². The van der Waals surface area contributed by atoms with Crippen molar-refractivity contribution in [2.75, 3.05) is 0 Å². The number of benzene rings is 1. The van der Waals surface area contributed by atoms with Crippen LogP contribution < -0.4 is 0 Å². The number of aryl methyl sites for hydroxylation is 1. The van der Waals surface area contributed by atoms with Gasteiger partial charge in [-0.1, -0.05) is 35.5 Å². The molecule has 4 aromatic heterocycles. The Bertz CT molecular complexity index is 1430. The first-order chi connectivity index (χ1) is 16.0. The number of hydrogen-bond acceptors (Lipinski definition) is 9. The van der Waals surface area contributed by atoms with Crippen molar-refractivity contribution in [2.45, 2.75) is 33.4 Å². The molecule has 0 spiro atoms. The number of aromatic nitrogens is 6. The second-order valence-electron chi connectivity index (χ2n) is 7.73. The molecule has 0 aliphatic rings. The van der Waals surface area contributed by atoms with E-state index >= 15 is 0 Å². The first-order valence-corrected chi connectivity index (χ1v) is 10.4. The van der Waals surface area contributed by atoms with Crippen LogP contribution in [0.3, 0.4) is 0 Å². The molecule has 0 saturated heterocycles. The van der Waals surface area contributed by atoms with Crippen LogP contribution in [0.2, 0.25) is 0 Å². The third kappa shape index (κ3) is 3.86. The lowest BCUT2D eigenvalue weighted by Crippen LogP contribution is -2.07. The van der Waals surface area contributed by atoms with Crippen molar-refractivity contribution < 1.29 is 18.5 Å². The summed E-state index contributed by atoms with van der Waals surface area (Å²) in [5.74, 6) is 0.386. The van der Waals surface area contributed by atoms with Crippen LogP contribution >= 0.6 is 0 Å². The average Bonchev–Trinajstić information content (AvgIpc) is 3.55. The van der Waals surface area contributed by atoms with Gasteiger partial charge in [-0.2, -0.15) is 5.10 Å². The van der Waals surface area contributed by atoms with Crippen LogP contribution in [0.1, 0.15) is 41.9 Å². The molecule has 166 valence electrons. The van der Waals surface area contributed by atoms with Gasteiger partial charge in [0.25, 0.3) is 11.8 Å². The van der Waals surface area contributed by atoms with E-state index < -0.39 is 5.97 Å². The third-order valence-electron chi connectivity index (χ3n) is 5.08. The molecule has 5 aromatic rings. The fourth-order valence-corrected chi connectivity index (χ4v) is 3.47. The Labute approximate surface area is 188 Å². The maximum absolute atomic E-state index is 12.5. The standard InChI is InChI=1S/C23H20N6O4/c1-13(2)29-21-16(11-25-29)9-17(10-24-21)23(30)31-12-18-26-27-22(32-18)19-14(3)33-28-20(19)15-7-5-4-6-8-15/h4-11,13H,12H2,1-3H3. The summed E-state index contributed by atoms with van der Waals surface area (Å²) in [4.78, 5) is 16.9. The molecule has 0 aliphatic carbocycles. The molecule has 0 fully saturated rings. The lowest BCUT2D eigenvalue weighted by molar-refractivity contribution is 0.0438. The van der Waals surface area contributed by atoms with Crippen molar-refractivity contribution in [3.63, 3.8) is 0 Å². The van der Waals surface area contributed by atoms with E-state index in [1.807, 2.05) is 44.2 Å². The highest BCUT2D eigenvalue weighted by Crippen LogP contribution is 2.33. The molecule has 33 heavy (non-hydrogen) atoms. The number of pyridine rings is 1. The predicted molar refractivity (Wildman–Crippen MR) is 117 cm³/mol. The van der Waals surface area contributed by atoms with Crippen molar-refractivity contribution in [2.24, 2.45) is 0 Å². The molecular weight excluding hydrogens is 424 g/mol. The first-order valence-electron chi connectivity index (χ1n) is 10.4. The second-order valence-corrected chi connectivity index (χ2v) is 7.73. The molecule has 1 aromatic carbocycles. The number of carbonyl (C=O) groups is 1. The zero-order valence-corrected chi connectivity index (χ0v) is 18.2. The summed E-state index contributed by atoms with van der Waals surface area (Å²) in [5.41, 5.74) is 3.08. The van der Waals surface area contributed by atoms with Crippen LogP contribution in [0.5, 0.6) is 0 Å². The molecule has 0 aliphatic heterocycles. The van der Waals surface area contributed by atoms with Gasteiger partial charge in [0.2, 0.25) is 0 Å². The zero-order valence-electron chi connectivity index (χ0n) is 18.2. The molecule has 5 rings (SSSR count). The van der Waals surface area contributed by atoms with Crippen molar-refractivity contribution in [3.8, 4) is 22.7 Å². The lowest BCUT2D eigenvalue weighted by Gasteiger charge is -2.06. The quantitative estimate of drug-likeness (QED) is 0.351. The van der Waals surface area contributed by atoms with Gasteiger partial charge in [0.15, 0.2) is 12.3 Å². The number of rotatable bonds is 6. The van der Waals surface area contributed by atoms with E-state index in [2.05, 4.69) is 25.4 Å². The smallest absolute Gasteiger partial charge is 0.340 e. The van der Waals surface area contributed by atoms with E-state index in [1.54, 1.807) is 23.9 Å². The number of esters is 1. The van der Waals surface area contributed by atoms with Crippen LogP contribution in [-0.4, -0.2) is 36.1 Å².